The molecule has 1 rings (SSSR count). The number of nitrogens with two attached hydrogens (primary N) is 1. The number of anilines is 1. The Morgan fingerprint density at radius 2 is 2.11 bits per heavy atom. The minimum atomic E-state index is -0.190. The lowest BCUT2D eigenvalue weighted by Gasteiger charge is -2.05. The summed E-state index contributed by atoms with van der Waals surface area (Å²) in [5.41, 5.74) is 6.48. The predicted octanol–water partition coefficient (Wildman–Crippen LogP) is 0.176. The number of ether oxygens (including phenoxy) is 1. The number of rotatable bonds is 6. The summed E-state index contributed by atoms with van der Waals surface area (Å²) in [5, 5.41) is 5.54. The molecule has 0 aliphatic carbocycles. The average molecular weight is 250 g/mol. The first-order valence-corrected chi connectivity index (χ1v) is 5.60. The zero-order chi connectivity index (χ0) is 13.2. The first-order chi connectivity index (χ1) is 8.72. The fourth-order valence-electron chi connectivity index (χ4n) is 1.21. The number of guanidine groups is 1. The molecule has 0 aliphatic rings. The van der Waals surface area contributed by atoms with Crippen molar-refractivity contribution in [2.75, 3.05) is 32.1 Å². The maximum absolute atomic E-state index is 11.3. The number of methoxy groups -OCH3 is 1. The molecule has 0 spiro atoms. The van der Waals surface area contributed by atoms with Crippen LogP contribution >= 0.6 is 0 Å². The number of aliphatic imine (C=N–C) groups is 1. The van der Waals surface area contributed by atoms with Crippen LogP contribution in [0.1, 0.15) is 0 Å². The van der Waals surface area contributed by atoms with E-state index in [1.807, 2.05) is 30.3 Å². The van der Waals surface area contributed by atoms with Crippen LogP contribution < -0.4 is 16.4 Å². The second-order valence-corrected chi connectivity index (χ2v) is 3.54. The largest absolute Gasteiger partial charge is 0.383 e. The lowest BCUT2D eigenvalue weighted by molar-refractivity contribution is -0.119. The standard InChI is InChI=1S/C12H18N4O2/c1-18-8-7-14-11(17)9-15-12(13)16-10-5-3-2-4-6-10/h2-6H,7-9H2,1H3,(H,14,17)(H3,13,15,16). The summed E-state index contributed by atoms with van der Waals surface area (Å²) < 4.78 is 4.81. The summed E-state index contributed by atoms with van der Waals surface area (Å²) in [4.78, 5) is 15.2. The van der Waals surface area contributed by atoms with Gasteiger partial charge < -0.3 is 21.1 Å². The predicted molar refractivity (Wildman–Crippen MR) is 71.4 cm³/mol. The van der Waals surface area contributed by atoms with Crippen molar-refractivity contribution in [3.63, 3.8) is 0 Å². The van der Waals surface area contributed by atoms with Gasteiger partial charge in [-0.25, -0.2) is 4.99 Å². The Balaban J connectivity index is 2.31. The highest BCUT2D eigenvalue weighted by Crippen LogP contribution is 2.03. The minimum Gasteiger partial charge on any atom is -0.383 e. The van der Waals surface area contributed by atoms with Crippen LogP contribution in [0.25, 0.3) is 0 Å². The van der Waals surface area contributed by atoms with Gasteiger partial charge in [0, 0.05) is 19.3 Å². The molecule has 6 nitrogen and oxygen atoms in total. The molecule has 6 heteroatoms. The maximum Gasteiger partial charge on any atom is 0.241 e. The Hall–Kier alpha value is -2.08. The lowest BCUT2D eigenvalue weighted by atomic mass is 10.3. The molecule has 0 saturated carbocycles. The van der Waals surface area contributed by atoms with Crippen molar-refractivity contribution in [1.82, 2.24) is 5.32 Å². The van der Waals surface area contributed by atoms with Crippen LogP contribution in [0.3, 0.4) is 0 Å². The number of hydrogen-bond acceptors (Lipinski definition) is 3. The normalized spacial score (nSPS) is 11.1. The van der Waals surface area contributed by atoms with E-state index >= 15 is 0 Å². The first-order valence-electron chi connectivity index (χ1n) is 5.60. The van der Waals surface area contributed by atoms with Crippen LogP contribution in [0.5, 0.6) is 0 Å². The van der Waals surface area contributed by atoms with E-state index in [9.17, 15) is 4.79 Å². The van der Waals surface area contributed by atoms with E-state index in [0.29, 0.717) is 13.2 Å². The minimum absolute atomic E-state index is 0.00458. The Bertz CT molecular complexity index is 392. The molecule has 0 aliphatic heterocycles. The second kappa shape index (κ2) is 8.08. The highest BCUT2D eigenvalue weighted by Gasteiger charge is 1.99. The first kappa shape index (κ1) is 14.0. The number of nitrogens with one attached hydrogen (secondary N) is 2. The van der Waals surface area contributed by atoms with Crippen LogP contribution in [-0.2, 0) is 9.53 Å². The highest BCUT2D eigenvalue weighted by molar-refractivity contribution is 5.93. The van der Waals surface area contributed by atoms with Gasteiger partial charge in [0.1, 0.15) is 6.54 Å². The third-order valence-corrected chi connectivity index (χ3v) is 2.07. The summed E-state index contributed by atoms with van der Waals surface area (Å²) in [6.45, 7) is 0.944. The summed E-state index contributed by atoms with van der Waals surface area (Å²) in [7, 11) is 1.58. The Kier molecular flexibility index (Phi) is 6.27. The molecule has 0 fully saturated rings. The van der Waals surface area contributed by atoms with Crippen molar-refractivity contribution in [3.05, 3.63) is 30.3 Å². The molecular formula is C12H18N4O2. The number of benzene rings is 1. The van der Waals surface area contributed by atoms with Gasteiger partial charge in [-0.3, -0.25) is 4.79 Å². The van der Waals surface area contributed by atoms with Gasteiger partial charge in [-0.05, 0) is 12.1 Å². The Labute approximate surface area is 106 Å². The zero-order valence-electron chi connectivity index (χ0n) is 10.3. The van der Waals surface area contributed by atoms with Gasteiger partial charge in [0.05, 0.1) is 6.61 Å². The summed E-state index contributed by atoms with van der Waals surface area (Å²) in [6.07, 6.45) is 0. The van der Waals surface area contributed by atoms with Crippen LogP contribution in [0.15, 0.2) is 35.3 Å². The monoisotopic (exact) mass is 250 g/mol. The van der Waals surface area contributed by atoms with Crippen molar-refractivity contribution >= 4 is 17.6 Å². The number of hydrogen-bond donors (Lipinski definition) is 3. The van der Waals surface area contributed by atoms with E-state index in [-0.39, 0.29) is 18.4 Å². The molecule has 0 atom stereocenters. The fourth-order valence-corrected chi connectivity index (χ4v) is 1.21. The number of para-hydroxylation sites is 1. The molecule has 0 unspecified atom stereocenters. The molecule has 98 valence electrons. The molecule has 18 heavy (non-hydrogen) atoms. The molecule has 0 aromatic heterocycles. The van der Waals surface area contributed by atoms with Gasteiger partial charge >= 0.3 is 0 Å². The van der Waals surface area contributed by atoms with Crippen LogP contribution in [-0.4, -0.2) is 38.7 Å². The number of nitrogens with zero attached hydrogens (tertiary/aromatic N) is 1. The van der Waals surface area contributed by atoms with Crippen molar-refractivity contribution in [3.8, 4) is 0 Å². The third kappa shape index (κ3) is 5.86. The number of carbonyl (C=O) groups excluding carboxylic acids is 1. The van der Waals surface area contributed by atoms with E-state index in [0.717, 1.165) is 5.69 Å². The molecular weight excluding hydrogens is 232 g/mol. The Morgan fingerprint density at radius 3 is 2.78 bits per heavy atom. The fraction of sp³-hybridized carbons (Fsp3) is 0.333. The van der Waals surface area contributed by atoms with Crippen molar-refractivity contribution < 1.29 is 9.53 Å². The summed E-state index contributed by atoms with van der Waals surface area (Å²) >= 11 is 0. The van der Waals surface area contributed by atoms with Gasteiger partial charge in [-0.2, -0.15) is 0 Å². The molecule has 1 amide bonds. The maximum atomic E-state index is 11.3. The molecule has 0 radical (unpaired) electrons. The zero-order valence-corrected chi connectivity index (χ0v) is 10.3. The van der Waals surface area contributed by atoms with Crippen LogP contribution in [0.4, 0.5) is 5.69 Å². The van der Waals surface area contributed by atoms with E-state index < -0.39 is 0 Å². The molecule has 0 heterocycles. The van der Waals surface area contributed by atoms with Gasteiger partial charge in [0.15, 0.2) is 5.96 Å². The van der Waals surface area contributed by atoms with E-state index in [1.165, 1.54) is 0 Å². The van der Waals surface area contributed by atoms with Gasteiger partial charge in [0.2, 0.25) is 5.91 Å². The molecule has 4 N–H and O–H groups in total. The summed E-state index contributed by atoms with van der Waals surface area (Å²) in [5.74, 6) is 0.0213. The highest BCUT2D eigenvalue weighted by atomic mass is 16.5. The average Bonchev–Trinajstić information content (AvgIpc) is 2.38. The smallest absolute Gasteiger partial charge is 0.241 e. The van der Waals surface area contributed by atoms with Crippen molar-refractivity contribution in [2.45, 2.75) is 0 Å². The summed E-state index contributed by atoms with van der Waals surface area (Å²) in [6, 6.07) is 9.39. The van der Waals surface area contributed by atoms with Crippen LogP contribution in [0.2, 0.25) is 0 Å². The van der Waals surface area contributed by atoms with Crippen molar-refractivity contribution in [1.29, 1.82) is 0 Å². The van der Waals surface area contributed by atoms with E-state index in [1.54, 1.807) is 7.11 Å². The number of amides is 1. The lowest BCUT2D eigenvalue weighted by Crippen LogP contribution is -2.31. The molecule has 1 aromatic carbocycles. The van der Waals surface area contributed by atoms with E-state index in [2.05, 4.69) is 15.6 Å². The van der Waals surface area contributed by atoms with Crippen LogP contribution in [0, 0.1) is 0 Å². The quantitative estimate of drug-likeness (QED) is 0.381. The Morgan fingerprint density at radius 1 is 1.39 bits per heavy atom. The SMILES string of the molecule is COCCNC(=O)CN=C(N)Nc1ccccc1. The third-order valence-electron chi connectivity index (χ3n) is 2.07. The number of carbonyl (C=O) groups is 1. The van der Waals surface area contributed by atoms with Crippen molar-refractivity contribution in [2.24, 2.45) is 10.7 Å². The molecule has 0 bridgehead atoms. The van der Waals surface area contributed by atoms with Gasteiger partial charge in [-0.1, -0.05) is 18.2 Å². The molecule has 1 aromatic rings. The second-order valence-electron chi connectivity index (χ2n) is 3.54. The van der Waals surface area contributed by atoms with Gasteiger partial charge in [0.25, 0.3) is 0 Å². The topological polar surface area (TPSA) is 88.7 Å². The molecule has 0 saturated heterocycles. The van der Waals surface area contributed by atoms with Gasteiger partial charge in [-0.15, -0.1) is 0 Å². The van der Waals surface area contributed by atoms with E-state index in [4.69, 9.17) is 10.5 Å².